The Kier molecular flexibility index (Phi) is 9.52. The maximum Gasteiger partial charge on any atom is 0.305 e. The molecule has 178 valence electrons. The predicted octanol–water partition coefficient (Wildman–Crippen LogP) is 5.53. The zero-order valence-corrected chi connectivity index (χ0v) is 20.4. The summed E-state index contributed by atoms with van der Waals surface area (Å²) >= 11 is 12.9. The van der Waals surface area contributed by atoms with Crippen molar-refractivity contribution in [1.29, 1.82) is 0 Å². The molecule has 3 aromatic carbocycles. The highest BCUT2D eigenvalue weighted by Crippen LogP contribution is 2.26. The van der Waals surface area contributed by atoms with E-state index < -0.39 is 5.97 Å². The Morgan fingerprint density at radius 1 is 0.912 bits per heavy atom. The van der Waals surface area contributed by atoms with Gasteiger partial charge in [0.15, 0.2) is 0 Å². The third-order valence-electron chi connectivity index (χ3n) is 5.51. The van der Waals surface area contributed by atoms with Crippen LogP contribution in [0.3, 0.4) is 0 Å². The number of carboxylic acid groups (broad SMARTS) is 1. The van der Waals surface area contributed by atoms with Gasteiger partial charge in [0.2, 0.25) is 0 Å². The van der Waals surface area contributed by atoms with Crippen LogP contribution in [0.1, 0.15) is 45.1 Å². The Labute approximate surface area is 210 Å². The zero-order chi connectivity index (χ0) is 24.5. The topological polar surface area (TPSA) is 78.4 Å². The van der Waals surface area contributed by atoms with Crippen molar-refractivity contribution < 1.29 is 14.7 Å². The summed E-state index contributed by atoms with van der Waals surface area (Å²) in [7, 11) is 0. The van der Waals surface area contributed by atoms with Crippen LogP contribution < -0.4 is 10.6 Å². The van der Waals surface area contributed by atoms with E-state index in [1.54, 1.807) is 12.1 Å². The highest BCUT2D eigenvalue weighted by atomic mass is 35.5. The normalized spacial score (nSPS) is 12.7. The van der Waals surface area contributed by atoms with Gasteiger partial charge in [0, 0.05) is 29.7 Å². The molecule has 0 saturated carbocycles. The first-order chi connectivity index (χ1) is 16.3. The minimum atomic E-state index is -0.952. The van der Waals surface area contributed by atoms with Crippen molar-refractivity contribution in [2.45, 2.75) is 37.7 Å². The Hall–Kier alpha value is -2.86. The van der Waals surface area contributed by atoms with Crippen LogP contribution in [0, 0.1) is 6.92 Å². The monoisotopic (exact) mass is 498 g/mol. The number of hydrogen-bond acceptors (Lipinski definition) is 3. The number of nitrogens with one attached hydrogen (secondary N) is 2. The first-order valence-corrected chi connectivity index (χ1v) is 11.9. The first-order valence-electron chi connectivity index (χ1n) is 11.1. The summed E-state index contributed by atoms with van der Waals surface area (Å²) in [5.74, 6) is -1.26. The lowest BCUT2D eigenvalue weighted by atomic mass is 9.97. The van der Waals surface area contributed by atoms with Gasteiger partial charge in [0.1, 0.15) is 0 Å². The quantitative estimate of drug-likeness (QED) is 0.303. The average Bonchev–Trinajstić information content (AvgIpc) is 2.82. The predicted molar refractivity (Wildman–Crippen MR) is 137 cm³/mol. The van der Waals surface area contributed by atoms with Gasteiger partial charge >= 0.3 is 5.97 Å². The van der Waals surface area contributed by atoms with Gasteiger partial charge in [-0.05, 0) is 54.3 Å². The number of carboxylic acids is 1. The largest absolute Gasteiger partial charge is 0.481 e. The number of amides is 1. The lowest BCUT2D eigenvalue weighted by Crippen LogP contribution is -2.30. The number of aliphatic carboxylic acids is 1. The Bertz CT molecular complexity index is 1080. The van der Waals surface area contributed by atoms with Crippen molar-refractivity contribution in [3.8, 4) is 0 Å². The van der Waals surface area contributed by atoms with E-state index in [-0.39, 0.29) is 30.3 Å². The summed E-state index contributed by atoms with van der Waals surface area (Å²) in [6.07, 6.45) is 0.523. The highest BCUT2D eigenvalue weighted by molar-refractivity contribution is 6.30. The van der Waals surface area contributed by atoms with Gasteiger partial charge in [0.05, 0.1) is 11.8 Å². The fraction of sp³-hybridized carbons (Fsp3) is 0.259. The maximum atomic E-state index is 12.3. The van der Waals surface area contributed by atoms with Gasteiger partial charge < -0.3 is 15.7 Å². The summed E-state index contributed by atoms with van der Waals surface area (Å²) in [6, 6.07) is 23.1. The van der Waals surface area contributed by atoms with Crippen LogP contribution >= 0.6 is 23.2 Å². The van der Waals surface area contributed by atoms with Crippen LogP contribution in [0.2, 0.25) is 5.02 Å². The summed E-state index contributed by atoms with van der Waals surface area (Å²) in [5, 5.41) is 15.4. The Morgan fingerprint density at radius 3 is 2.15 bits per heavy atom. The maximum absolute atomic E-state index is 12.3. The molecule has 0 aliphatic carbocycles. The molecule has 7 heteroatoms. The van der Waals surface area contributed by atoms with Gasteiger partial charge in [-0.25, -0.2) is 0 Å². The van der Waals surface area contributed by atoms with Crippen LogP contribution in [-0.2, 0) is 17.8 Å². The fourth-order valence-corrected chi connectivity index (χ4v) is 4.12. The first kappa shape index (κ1) is 25.8. The molecule has 0 bridgehead atoms. The molecule has 34 heavy (non-hydrogen) atoms. The third-order valence-corrected chi connectivity index (χ3v) is 6.17. The number of alkyl halides is 1. The Balaban J connectivity index is 1.74. The minimum Gasteiger partial charge on any atom is -0.481 e. The molecule has 0 spiro atoms. The van der Waals surface area contributed by atoms with Gasteiger partial charge in [0.25, 0.3) is 5.91 Å². The molecule has 0 saturated heterocycles. The Morgan fingerprint density at radius 2 is 1.53 bits per heavy atom. The van der Waals surface area contributed by atoms with E-state index in [9.17, 15) is 9.59 Å². The highest BCUT2D eigenvalue weighted by Gasteiger charge is 2.22. The number of halogens is 2. The molecule has 0 aromatic heterocycles. The average molecular weight is 499 g/mol. The van der Waals surface area contributed by atoms with E-state index in [0.29, 0.717) is 23.6 Å². The van der Waals surface area contributed by atoms with Gasteiger partial charge in [-0.15, -0.1) is 11.6 Å². The summed E-state index contributed by atoms with van der Waals surface area (Å²) in [6.45, 7) is 2.79. The molecule has 5 nitrogen and oxygen atoms in total. The van der Waals surface area contributed by atoms with Crippen molar-refractivity contribution in [3.63, 3.8) is 0 Å². The van der Waals surface area contributed by atoms with E-state index >= 15 is 0 Å². The lowest BCUT2D eigenvalue weighted by molar-refractivity contribution is -0.136. The number of carbonyl (C=O) groups is 2. The SMILES string of the molecule is Cc1ccc(CNC(c2ccc(C(=O)NCCC(=O)O)cc2)C(Cl)Cc2ccc(Cl)cc2)cc1. The molecule has 3 rings (SSSR count). The van der Waals surface area contributed by atoms with Gasteiger partial charge in [-0.3, -0.25) is 9.59 Å². The summed E-state index contributed by atoms with van der Waals surface area (Å²) in [4.78, 5) is 22.9. The summed E-state index contributed by atoms with van der Waals surface area (Å²) in [5.41, 5.74) is 4.87. The second kappa shape index (κ2) is 12.6. The molecule has 0 radical (unpaired) electrons. The minimum absolute atomic E-state index is 0.0848. The molecular formula is C27H28Cl2N2O3. The zero-order valence-electron chi connectivity index (χ0n) is 18.9. The van der Waals surface area contributed by atoms with E-state index in [1.165, 1.54) is 5.56 Å². The van der Waals surface area contributed by atoms with Crippen molar-refractivity contribution in [3.05, 3.63) is 106 Å². The molecule has 0 heterocycles. The van der Waals surface area contributed by atoms with Crippen LogP contribution in [0.25, 0.3) is 0 Å². The van der Waals surface area contributed by atoms with Gasteiger partial charge in [-0.2, -0.15) is 0 Å². The van der Waals surface area contributed by atoms with Gasteiger partial charge in [-0.1, -0.05) is 65.7 Å². The number of aryl methyl sites for hydroxylation is 1. The van der Waals surface area contributed by atoms with E-state index in [0.717, 1.165) is 16.7 Å². The van der Waals surface area contributed by atoms with Crippen molar-refractivity contribution in [1.82, 2.24) is 10.6 Å². The molecule has 3 aromatic rings. The standard InChI is InChI=1S/C27H28Cl2N2O3/c1-18-2-4-20(5-3-18)17-31-26(24(29)16-19-6-12-23(28)13-7-19)21-8-10-22(11-9-21)27(34)30-15-14-25(32)33/h2-13,24,26,31H,14-17H2,1H3,(H,30,34)(H,32,33). The van der Waals surface area contributed by atoms with E-state index in [1.807, 2.05) is 36.4 Å². The van der Waals surface area contributed by atoms with Crippen LogP contribution in [0.15, 0.2) is 72.8 Å². The third kappa shape index (κ3) is 7.87. The van der Waals surface area contributed by atoms with Crippen molar-refractivity contribution in [2.24, 2.45) is 0 Å². The van der Waals surface area contributed by atoms with E-state index in [4.69, 9.17) is 28.3 Å². The number of benzene rings is 3. The molecule has 2 unspecified atom stereocenters. The smallest absolute Gasteiger partial charge is 0.305 e. The lowest BCUT2D eigenvalue weighted by Gasteiger charge is -2.25. The van der Waals surface area contributed by atoms with Crippen LogP contribution in [0.5, 0.6) is 0 Å². The molecular weight excluding hydrogens is 471 g/mol. The second-order valence-electron chi connectivity index (χ2n) is 8.21. The van der Waals surface area contributed by atoms with Crippen LogP contribution in [-0.4, -0.2) is 28.9 Å². The molecule has 3 N–H and O–H groups in total. The number of rotatable bonds is 11. The number of carbonyl (C=O) groups excluding carboxylic acids is 1. The van der Waals surface area contributed by atoms with E-state index in [2.05, 4.69) is 41.8 Å². The fourth-order valence-electron chi connectivity index (χ4n) is 3.58. The molecule has 2 atom stereocenters. The molecule has 0 aliphatic heterocycles. The second-order valence-corrected chi connectivity index (χ2v) is 9.21. The van der Waals surface area contributed by atoms with Crippen molar-refractivity contribution >= 4 is 35.1 Å². The van der Waals surface area contributed by atoms with Crippen LogP contribution in [0.4, 0.5) is 0 Å². The van der Waals surface area contributed by atoms with Crippen molar-refractivity contribution in [2.75, 3.05) is 6.54 Å². The number of hydrogen-bond donors (Lipinski definition) is 3. The molecule has 0 aliphatic rings. The molecule has 1 amide bonds. The molecule has 0 fully saturated rings. The summed E-state index contributed by atoms with van der Waals surface area (Å²) < 4.78 is 0.